The second-order valence-electron chi connectivity index (χ2n) is 3.40. The molecule has 0 spiro atoms. The Morgan fingerprint density at radius 1 is 1.50 bits per heavy atom. The topological polar surface area (TPSA) is 93.0 Å². The summed E-state index contributed by atoms with van der Waals surface area (Å²) >= 11 is 5.53. The van der Waals surface area contributed by atoms with Gasteiger partial charge in [0.2, 0.25) is 5.28 Å². The quantitative estimate of drug-likeness (QED) is 0.589. The van der Waals surface area contributed by atoms with Gasteiger partial charge in [0.25, 0.3) is 11.5 Å². The van der Waals surface area contributed by atoms with Gasteiger partial charge in [-0.1, -0.05) is 0 Å². The van der Waals surface area contributed by atoms with Crippen LogP contribution < -0.4 is 5.56 Å². The number of aliphatic hydroxyl groups is 1. The fourth-order valence-corrected chi connectivity index (χ4v) is 1.68. The number of hydrogen-bond acceptors (Lipinski definition) is 5. The number of halogens is 2. The van der Waals surface area contributed by atoms with E-state index in [-0.39, 0.29) is 42.7 Å². The molecule has 0 radical (unpaired) electrons. The summed E-state index contributed by atoms with van der Waals surface area (Å²) in [6.45, 7) is 0.430. The third-order valence-corrected chi connectivity index (χ3v) is 2.39. The van der Waals surface area contributed by atoms with E-state index in [0.29, 0.717) is 0 Å². The summed E-state index contributed by atoms with van der Waals surface area (Å²) in [5.41, 5.74) is -0.737. The van der Waals surface area contributed by atoms with Crippen LogP contribution >= 0.6 is 11.6 Å². The lowest BCUT2D eigenvalue weighted by Gasteiger charge is -2.03. The second-order valence-corrected chi connectivity index (χ2v) is 3.76. The molecule has 2 N–H and O–H groups in total. The van der Waals surface area contributed by atoms with Crippen molar-refractivity contribution >= 4 is 22.6 Å². The van der Waals surface area contributed by atoms with Crippen molar-refractivity contribution in [2.24, 2.45) is 0 Å². The standard InChI is InChI=1S/C9H10ClFN4O3/c10-9-12-5-6(8(17)13-9)15(14-7(5)11)1-3-18-4-2-16/h16H,1-4H2,(H,12,13,17). The smallest absolute Gasteiger partial charge is 0.278 e. The van der Waals surface area contributed by atoms with E-state index in [9.17, 15) is 9.18 Å². The molecule has 98 valence electrons. The molecule has 0 aliphatic heterocycles. The number of aromatic nitrogens is 4. The lowest BCUT2D eigenvalue weighted by Crippen LogP contribution is -2.16. The second kappa shape index (κ2) is 5.42. The van der Waals surface area contributed by atoms with Crippen molar-refractivity contribution in [3.8, 4) is 0 Å². The summed E-state index contributed by atoms with van der Waals surface area (Å²) in [5, 5.41) is 11.9. The Kier molecular flexibility index (Phi) is 3.90. The molecular weight excluding hydrogens is 267 g/mol. The fourth-order valence-electron chi connectivity index (χ4n) is 1.51. The average molecular weight is 277 g/mol. The number of fused-ring (bicyclic) bond motifs is 1. The van der Waals surface area contributed by atoms with Gasteiger partial charge in [0, 0.05) is 0 Å². The number of nitrogens with zero attached hydrogens (tertiary/aromatic N) is 3. The largest absolute Gasteiger partial charge is 0.394 e. The van der Waals surface area contributed by atoms with Gasteiger partial charge in [0.05, 0.1) is 26.4 Å². The Morgan fingerprint density at radius 2 is 2.28 bits per heavy atom. The van der Waals surface area contributed by atoms with E-state index in [0.717, 1.165) is 4.68 Å². The highest BCUT2D eigenvalue weighted by molar-refractivity contribution is 6.28. The number of nitrogens with one attached hydrogen (secondary N) is 1. The predicted molar refractivity (Wildman–Crippen MR) is 61.0 cm³/mol. The maximum Gasteiger partial charge on any atom is 0.278 e. The van der Waals surface area contributed by atoms with Crippen LogP contribution in [0.1, 0.15) is 0 Å². The van der Waals surface area contributed by atoms with E-state index < -0.39 is 11.5 Å². The summed E-state index contributed by atoms with van der Waals surface area (Å²) in [7, 11) is 0. The van der Waals surface area contributed by atoms with E-state index in [2.05, 4.69) is 15.1 Å². The first-order chi connectivity index (χ1) is 8.63. The van der Waals surface area contributed by atoms with Gasteiger partial charge in [-0.05, 0) is 11.6 Å². The Balaban J connectivity index is 2.31. The lowest BCUT2D eigenvalue weighted by atomic mass is 10.4. The lowest BCUT2D eigenvalue weighted by molar-refractivity contribution is 0.0857. The predicted octanol–water partition coefficient (Wildman–Crippen LogP) is -0.0790. The van der Waals surface area contributed by atoms with Gasteiger partial charge in [-0.15, -0.1) is 5.10 Å². The van der Waals surface area contributed by atoms with Crippen LogP contribution in [0.4, 0.5) is 4.39 Å². The third kappa shape index (κ3) is 2.50. The molecule has 0 fully saturated rings. The third-order valence-electron chi connectivity index (χ3n) is 2.21. The Hall–Kier alpha value is -1.51. The first-order valence-electron chi connectivity index (χ1n) is 5.14. The molecule has 0 saturated carbocycles. The van der Waals surface area contributed by atoms with Crippen molar-refractivity contribution in [3.63, 3.8) is 0 Å². The first kappa shape index (κ1) is 12.9. The summed E-state index contributed by atoms with van der Waals surface area (Å²) < 4.78 is 19.6. The summed E-state index contributed by atoms with van der Waals surface area (Å²) in [4.78, 5) is 17.6. The zero-order valence-electron chi connectivity index (χ0n) is 9.19. The van der Waals surface area contributed by atoms with E-state index in [1.807, 2.05) is 0 Å². The molecule has 2 rings (SSSR count). The molecule has 0 atom stereocenters. The van der Waals surface area contributed by atoms with Gasteiger partial charge >= 0.3 is 0 Å². The molecule has 0 aliphatic carbocycles. The minimum atomic E-state index is -0.861. The average Bonchev–Trinajstić information content (AvgIpc) is 2.62. The number of aliphatic hydroxyl groups excluding tert-OH is 1. The van der Waals surface area contributed by atoms with Crippen molar-refractivity contribution < 1.29 is 14.2 Å². The number of ether oxygens (including phenoxy) is 1. The molecule has 2 aromatic rings. The van der Waals surface area contributed by atoms with Gasteiger partial charge in [-0.2, -0.15) is 4.39 Å². The maximum absolute atomic E-state index is 13.5. The van der Waals surface area contributed by atoms with Crippen LogP contribution in [-0.2, 0) is 11.3 Å². The summed E-state index contributed by atoms with van der Waals surface area (Å²) in [6.07, 6.45) is 0. The number of hydrogen-bond donors (Lipinski definition) is 2. The van der Waals surface area contributed by atoms with Gasteiger partial charge in [0.15, 0.2) is 11.0 Å². The van der Waals surface area contributed by atoms with Crippen LogP contribution in [0.3, 0.4) is 0 Å². The molecule has 2 heterocycles. The van der Waals surface area contributed by atoms with Crippen LogP contribution in [0, 0.1) is 5.95 Å². The molecule has 0 aliphatic rings. The molecule has 0 aromatic carbocycles. The van der Waals surface area contributed by atoms with Crippen molar-refractivity contribution in [2.45, 2.75) is 6.54 Å². The first-order valence-corrected chi connectivity index (χ1v) is 5.51. The van der Waals surface area contributed by atoms with Crippen LogP contribution in [0.25, 0.3) is 11.0 Å². The minimum absolute atomic E-state index is 0.00417. The molecule has 0 unspecified atom stereocenters. The highest BCUT2D eigenvalue weighted by Crippen LogP contribution is 2.12. The summed E-state index contributed by atoms with van der Waals surface area (Å²) in [5.74, 6) is -0.861. The van der Waals surface area contributed by atoms with Crippen molar-refractivity contribution in [3.05, 3.63) is 21.6 Å². The van der Waals surface area contributed by atoms with E-state index in [4.69, 9.17) is 21.4 Å². The minimum Gasteiger partial charge on any atom is -0.394 e. The molecule has 0 bridgehead atoms. The van der Waals surface area contributed by atoms with Crippen LogP contribution in [0.15, 0.2) is 4.79 Å². The van der Waals surface area contributed by atoms with Crippen molar-refractivity contribution in [2.75, 3.05) is 19.8 Å². The summed E-state index contributed by atoms with van der Waals surface area (Å²) in [6, 6.07) is 0. The van der Waals surface area contributed by atoms with Gasteiger partial charge in [0.1, 0.15) is 0 Å². The van der Waals surface area contributed by atoms with Gasteiger partial charge in [-0.25, -0.2) is 4.98 Å². The molecule has 18 heavy (non-hydrogen) atoms. The van der Waals surface area contributed by atoms with Crippen molar-refractivity contribution in [1.29, 1.82) is 0 Å². The fraction of sp³-hybridized carbons (Fsp3) is 0.444. The highest BCUT2D eigenvalue weighted by Gasteiger charge is 2.15. The Labute approximate surface area is 105 Å². The number of aromatic amines is 1. The number of H-pyrrole nitrogens is 1. The molecule has 2 aromatic heterocycles. The molecular formula is C9H10ClFN4O3. The Morgan fingerprint density at radius 3 is 3.00 bits per heavy atom. The monoisotopic (exact) mass is 276 g/mol. The normalized spacial score (nSPS) is 11.3. The zero-order chi connectivity index (χ0) is 13.1. The highest BCUT2D eigenvalue weighted by atomic mass is 35.5. The van der Waals surface area contributed by atoms with Crippen LogP contribution in [0.2, 0.25) is 5.28 Å². The molecule has 9 heteroatoms. The SMILES string of the molecule is O=c1[nH]c(Cl)nc2c(F)nn(CCOCCO)c12. The van der Waals surface area contributed by atoms with Gasteiger partial charge in [-0.3, -0.25) is 14.5 Å². The zero-order valence-corrected chi connectivity index (χ0v) is 9.95. The van der Waals surface area contributed by atoms with Crippen LogP contribution in [0.5, 0.6) is 0 Å². The van der Waals surface area contributed by atoms with Gasteiger partial charge < -0.3 is 9.84 Å². The van der Waals surface area contributed by atoms with E-state index >= 15 is 0 Å². The van der Waals surface area contributed by atoms with Crippen molar-refractivity contribution in [1.82, 2.24) is 19.7 Å². The maximum atomic E-state index is 13.5. The molecule has 0 amide bonds. The Bertz CT molecular complexity index is 612. The van der Waals surface area contributed by atoms with Crippen LogP contribution in [-0.4, -0.2) is 44.7 Å². The number of rotatable bonds is 5. The van der Waals surface area contributed by atoms with E-state index in [1.165, 1.54) is 0 Å². The van der Waals surface area contributed by atoms with E-state index in [1.54, 1.807) is 0 Å². The molecule has 7 nitrogen and oxygen atoms in total. The molecule has 0 saturated heterocycles.